The van der Waals surface area contributed by atoms with Crippen molar-refractivity contribution in [1.82, 2.24) is 9.97 Å². The number of H-pyrrole nitrogens is 1. The fraction of sp³-hybridized carbons (Fsp3) is 0. The molecule has 3 aromatic rings. The number of hydrogen-bond donors (Lipinski definition) is 3. The van der Waals surface area contributed by atoms with Gasteiger partial charge in [-0.2, -0.15) is 0 Å². The van der Waals surface area contributed by atoms with Crippen LogP contribution in [0.4, 0.5) is 5.69 Å². The number of primary amides is 1. The highest BCUT2D eigenvalue weighted by Crippen LogP contribution is 2.17. The van der Waals surface area contributed by atoms with Crippen molar-refractivity contribution in [1.29, 1.82) is 0 Å². The molecular weight excluding hydrogens is 339 g/mol. The topological polar surface area (TPSA) is 115 Å². The number of amides is 1. The maximum Gasteiger partial charge on any atom is 0.258 e. The monoisotopic (exact) mass is 350 g/mol. The van der Waals surface area contributed by atoms with E-state index in [1.54, 1.807) is 24.3 Å². The lowest BCUT2D eigenvalue weighted by Gasteiger charge is -1.99. The zero-order valence-corrected chi connectivity index (χ0v) is 13.2. The number of aromatic amines is 1. The highest BCUT2D eigenvalue weighted by molar-refractivity contribution is 6.31. The van der Waals surface area contributed by atoms with Crippen LogP contribution < -0.4 is 17.0 Å². The van der Waals surface area contributed by atoms with Crippen molar-refractivity contribution < 1.29 is 4.79 Å². The second kappa shape index (κ2) is 7.13. The van der Waals surface area contributed by atoms with Gasteiger partial charge in [0.25, 0.3) is 11.5 Å². The third-order valence-corrected chi connectivity index (χ3v) is 3.35. The lowest BCUT2D eigenvalue weighted by molar-refractivity contribution is 0.100. The van der Waals surface area contributed by atoms with Gasteiger partial charge in [-0.1, -0.05) is 23.2 Å². The number of nitrogen functional groups attached to an aromatic ring is 1. The second-order valence-corrected chi connectivity index (χ2v) is 5.36. The zero-order valence-electron chi connectivity index (χ0n) is 11.7. The van der Waals surface area contributed by atoms with E-state index in [9.17, 15) is 9.59 Å². The van der Waals surface area contributed by atoms with E-state index in [0.717, 1.165) is 0 Å². The molecule has 1 aromatic heterocycles. The molecule has 0 spiro atoms. The van der Waals surface area contributed by atoms with Gasteiger partial charge in [0.2, 0.25) is 0 Å². The average Bonchev–Trinajstić information content (AvgIpc) is 2.47. The maximum atomic E-state index is 11.2. The lowest BCUT2D eigenvalue weighted by Crippen LogP contribution is -2.13. The van der Waals surface area contributed by atoms with Crippen LogP contribution in [-0.4, -0.2) is 15.9 Å². The molecule has 0 unspecified atom stereocenters. The van der Waals surface area contributed by atoms with Crippen molar-refractivity contribution >= 4 is 45.7 Å². The Labute approximate surface area is 141 Å². The van der Waals surface area contributed by atoms with E-state index in [1.165, 1.54) is 18.5 Å². The second-order valence-electron chi connectivity index (χ2n) is 4.49. The molecule has 6 nitrogen and oxygen atoms in total. The Morgan fingerprint density at radius 3 is 2.39 bits per heavy atom. The van der Waals surface area contributed by atoms with E-state index in [1.807, 2.05) is 0 Å². The minimum Gasteiger partial charge on any atom is -0.398 e. The van der Waals surface area contributed by atoms with Gasteiger partial charge in [0.05, 0.1) is 22.8 Å². The van der Waals surface area contributed by atoms with Gasteiger partial charge in [0, 0.05) is 15.7 Å². The molecule has 23 heavy (non-hydrogen) atoms. The van der Waals surface area contributed by atoms with E-state index in [0.29, 0.717) is 32.2 Å². The first-order chi connectivity index (χ1) is 10.9. The van der Waals surface area contributed by atoms with E-state index in [-0.39, 0.29) is 5.56 Å². The Bertz CT molecular complexity index is 925. The Hall–Kier alpha value is -2.57. The average molecular weight is 351 g/mol. The number of nitrogens with zero attached hydrogens (tertiary/aromatic N) is 1. The Kier molecular flexibility index (Phi) is 5.20. The summed E-state index contributed by atoms with van der Waals surface area (Å²) < 4.78 is 0. The molecule has 0 aliphatic heterocycles. The summed E-state index contributed by atoms with van der Waals surface area (Å²) in [5.41, 5.74) is 11.5. The molecule has 1 heterocycles. The van der Waals surface area contributed by atoms with Crippen LogP contribution in [0.25, 0.3) is 10.9 Å². The van der Waals surface area contributed by atoms with Crippen LogP contribution in [0.5, 0.6) is 0 Å². The standard InChI is InChI=1S/C8H5ClN2O.C7H7ClN2O/c9-5-1-2-6-7(3-5)10-4-11-8(6)12;8-4-1-2-5(7(10)11)6(9)3-4/h1-4H,(H,10,11,12);1-3H,9H2,(H2,10,11). The Balaban J connectivity index is 0.000000168. The number of aromatic nitrogens is 2. The molecule has 1 amide bonds. The number of carbonyl (C=O) groups excluding carboxylic acids is 1. The fourth-order valence-corrected chi connectivity index (χ4v) is 2.15. The molecule has 8 heteroatoms. The first-order valence-corrected chi connectivity index (χ1v) is 7.12. The van der Waals surface area contributed by atoms with Gasteiger partial charge in [-0.15, -0.1) is 0 Å². The molecule has 0 aliphatic carbocycles. The molecule has 0 fully saturated rings. The highest BCUT2D eigenvalue weighted by atomic mass is 35.5. The molecule has 5 N–H and O–H groups in total. The Morgan fingerprint density at radius 1 is 1.09 bits per heavy atom. The summed E-state index contributed by atoms with van der Waals surface area (Å²) in [6, 6.07) is 9.54. The third-order valence-electron chi connectivity index (χ3n) is 2.88. The summed E-state index contributed by atoms with van der Waals surface area (Å²) in [5, 5.41) is 1.63. The summed E-state index contributed by atoms with van der Waals surface area (Å²) in [7, 11) is 0. The molecular formula is C15H12Cl2N4O2. The predicted molar refractivity (Wildman–Crippen MR) is 91.8 cm³/mol. The number of halogens is 2. The van der Waals surface area contributed by atoms with Gasteiger partial charge >= 0.3 is 0 Å². The van der Waals surface area contributed by atoms with Crippen molar-refractivity contribution in [2.75, 3.05) is 5.73 Å². The van der Waals surface area contributed by atoms with Crippen LogP contribution in [0.2, 0.25) is 10.0 Å². The van der Waals surface area contributed by atoms with Gasteiger partial charge in [-0.3, -0.25) is 9.59 Å². The van der Waals surface area contributed by atoms with Crippen molar-refractivity contribution in [3.05, 3.63) is 68.7 Å². The number of carbonyl (C=O) groups is 1. The quantitative estimate of drug-likeness (QED) is 0.585. The van der Waals surface area contributed by atoms with Crippen LogP contribution in [0, 0.1) is 0 Å². The molecule has 3 rings (SSSR count). The Morgan fingerprint density at radius 2 is 1.74 bits per heavy atom. The normalized spacial score (nSPS) is 10.0. The molecule has 0 saturated carbocycles. The van der Waals surface area contributed by atoms with Gasteiger partial charge in [0.15, 0.2) is 0 Å². The molecule has 0 bridgehead atoms. The maximum absolute atomic E-state index is 11.2. The molecule has 0 radical (unpaired) electrons. The summed E-state index contributed by atoms with van der Waals surface area (Å²) in [4.78, 5) is 28.2. The minimum absolute atomic E-state index is 0.142. The van der Waals surface area contributed by atoms with Gasteiger partial charge in [-0.25, -0.2) is 4.98 Å². The van der Waals surface area contributed by atoms with Crippen molar-refractivity contribution in [2.24, 2.45) is 5.73 Å². The molecule has 118 valence electrons. The van der Waals surface area contributed by atoms with Gasteiger partial charge in [0.1, 0.15) is 0 Å². The number of anilines is 1. The zero-order chi connectivity index (χ0) is 17.0. The van der Waals surface area contributed by atoms with Crippen LogP contribution >= 0.6 is 23.2 Å². The van der Waals surface area contributed by atoms with Gasteiger partial charge in [-0.05, 0) is 36.4 Å². The summed E-state index contributed by atoms with van der Waals surface area (Å²) in [6.07, 6.45) is 1.36. The SMILES string of the molecule is NC(=O)c1ccc(Cl)cc1N.O=c1[nH]cnc2cc(Cl)ccc12. The van der Waals surface area contributed by atoms with Crippen molar-refractivity contribution in [2.45, 2.75) is 0 Å². The van der Waals surface area contributed by atoms with Crippen LogP contribution in [0.1, 0.15) is 10.4 Å². The largest absolute Gasteiger partial charge is 0.398 e. The van der Waals surface area contributed by atoms with E-state index in [4.69, 9.17) is 34.7 Å². The third kappa shape index (κ3) is 4.21. The first-order valence-electron chi connectivity index (χ1n) is 6.36. The summed E-state index contributed by atoms with van der Waals surface area (Å²) in [5.74, 6) is -0.542. The molecule has 0 aliphatic rings. The van der Waals surface area contributed by atoms with Crippen molar-refractivity contribution in [3.63, 3.8) is 0 Å². The number of nitrogens with two attached hydrogens (primary N) is 2. The van der Waals surface area contributed by atoms with Gasteiger partial charge < -0.3 is 16.5 Å². The van der Waals surface area contributed by atoms with E-state index in [2.05, 4.69) is 9.97 Å². The molecule has 2 aromatic carbocycles. The minimum atomic E-state index is -0.542. The summed E-state index contributed by atoms with van der Waals surface area (Å²) in [6.45, 7) is 0. The number of hydrogen-bond acceptors (Lipinski definition) is 4. The van der Waals surface area contributed by atoms with E-state index < -0.39 is 5.91 Å². The van der Waals surface area contributed by atoms with E-state index >= 15 is 0 Å². The van der Waals surface area contributed by atoms with Crippen LogP contribution in [0.15, 0.2) is 47.5 Å². The molecule has 0 saturated heterocycles. The van der Waals surface area contributed by atoms with Crippen LogP contribution in [0.3, 0.4) is 0 Å². The number of benzene rings is 2. The first kappa shape index (κ1) is 16.8. The number of nitrogens with one attached hydrogen (secondary N) is 1. The van der Waals surface area contributed by atoms with Crippen molar-refractivity contribution in [3.8, 4) is 0 Å². The summed E-state index contributed by atoms with van der Waals surface area (Å²) >= 11 is 11.3. The highest BCUT2D eigenvalue weighted by Gasteiger charge is 2.04. The number of fused-ring (bicyclic) bond motifs is 1. The van der Waals surface area contributed by atoms with Crippen LogP contribution in [-0.2, 0) is 0 Å². The molecule has 0 atom stereocenters. The lowest BCUT2D eigenvalue weighted by atomic mass is 10.2. The number of rotatable bonds is 1. The predicted octanol–water partition coefficient (Wildman–Crippen LogP) is 2.60. The fourth-order valence-electron chi connectivity index (χ4n) is 1.80. The smallest absolute Gasteiger partial charge is 0.258 e.